The van der Waals surface area contributed by atoms with E-state index in [-0.39, 0.29) is 0 Å². The molecule has 2 fully saturated rings. The number of Topliss-reactive ketones (excluding diaryl/α,β-unsaturated/α-hetero) is 1. The van der Waals surface area contributed by atoms with Gasteiger partial charge in [0.25, 0.3) is 0 Å². The molecule has 2 bridgehead atoms. The molecule has 2 aliphatic carbocycles. The number of hydrogen-bond donors (Lipinski definition) is 0. The van der Waals surface area contributed by atoms with E-state index in [1.165, 1.54) is 31.2 Å². The van der Waals surface area contributed by atoms with E-state index in [1.807, 2.05) is 12.1 Å². The second kappa shape index (κ2) is 5.11. The largest absolute Gasteiger partial charge is 0.294 e. The third-order valence-electron chi connectivity index (χ3n) is 5.23. The van der Waals surface area contributed by atoms with Gasteiger partial charge in [-0.2, -0.15) is 0 Å². The number of ketones is 1. The molecule has 0 aliphatic heterocycles. The Hall–Kier alpha value is -1.11. The molecular formula is C18H24O. The normalized spacial score (nSPS) is 29.1. The number of carbonyl (C=O) groups excluding carboxylic acids is 1. The second-order valence-electron chi connectivity index (χ2n) is 6.84. The van der Waals surface area contributed by atoms with Crippen molar-refractivity contribution >= 4 is 5.78 Å². The van der Waals surface area contributed by atoms with Crippen LogP contribution in [0.4, 0.5) is 0 Å². The van der Waals surface area contributed by atoms with Crippen molar-refractivity contribution in [2.75, 3.05) is 0 Å². The van der Waals surface area contributed by atoms with E-state index in [4.69, 9.17) is 0 Å². The fraction of sp³-hybridized carbons (Fsp3) is 0.611. The number of fused-ring (bicyclic) bond motifs is 2. The Morgan fingerprint density at radius 2 is 1.89 bits per heavy atom. The molecule has 3 unspecified atom stereocenters. The van der Waals surface area contributed by atoms with Gasteiger partial charge < -0.3 is 0 Å². The maximum atomic E-state index is 12.4. The van der Waals surface area contributed by atoms with Crippen molar-refractivity contribution < 1.29 is 4.79 Å². The van der Waals surface area contributed by atoms with Crippen LogP contribution in [0, 0.1) is 17.8 Å². The minimum absolute atomic E-state index is 0.354. The molecule has 2 saturated carbocycles. The molecule has 0 amide bonds. The molecule has 3 atom stereocenters. The van der Waals surface area contributed by atoms with E-state index in [0.29, 0.717) is 17.6 Å². The van der Waals surface area contributed by atoms with E-state index in [1.54, 1.807) is 0 Å². The van der Waals surface area contributed by atoms with Gasteiger partial charge in [-0.05, 0) is 48.5 Å². The molecule has 0 spiro atoms. The lowest BCUT2D eigenvalue weighted by atomic mass is 9.84. The van der Waals surface area contributed by atoms with Crippen LogP contribution < -0.4 is 0 Å². The molecule has 0 N–H and O–H groups in total. The highest BCUT2D eigenvalue weighted by Crippen LogP contribution is 2.49. The van der Waals surface area contributed by atoms with Crippen molar-refractivity contribution in [3.8, 4) is 0 Å². The summed E-state index contributed by atoms with van der Waals surface area (Å²) in [6, 6.07) is 8.26. The van der Waals surface area contributed by atoms with Gasteiger partial charge in [-0.25, -0.2) is 0 Å². The van der Waals surface area contributed by atoms with E-state index in [2.05, 4.69) is 26.0 Å². The Bertz CT molecular complexity index is 457. The quantitative estimate of drug-likeness (QED) is 0.706. The Morgan fingerprint density at radius 1 is 1.16 bits per heavy atom. The summed E-state index contributed by atoms with van der Waals surface area (Å²) in [7, 11) is 0. The predicted molar refractivity (Wildman–Crippen MR) is 78.4 cm³/mol. The smallest absolute Gasteiger partial charge is 0.163 e. The van der Waals surface area contributed by atoms with Crippen LogP contribution in [0.15, 0.2) is 24.3 Å². The summed E-state index contributed by atoms with van der Waals surface area (Å²) in [6.45, 7) is 4.37. The third-order valence-corrected chi connectivity index (χ3v) is 5.23. The lowest BCUT2D eigenvalue weighted by Gasteiger charge is -2.20. The Kier molecular flexibility index (Phi) is 3.47. The summed E-state index contributed by atoms with van der Waals surface area (Å²) < 4.78 is 0. The molecular weight excluding hydrogens is 232 g/mol. The first-order chi connectivity index (χ1) is 9.13. The van der Waals surface area contributed by atoms with Gasteiger partial charge >= 0.3 is 0 Å². The molecule has 0 radical (unpaired) electrons. The zero-order chi connectivity index (χ0) is 13.4. The summed E-state index contributed by atoms with van der Waals surface area (Å²) in [5, 5.41) is 0. The Morgan fingerprint density at radius 3 is 2.42 bits per heavy atom. The molecule has 0 aromatic heterocycles. The highest BCUT2D eigenvalue weighted by Gasteiger charge is 2.40. The predicted octanol–water partition coefficient (Wildman–Crippen LogP) is 4.82. The molecule has 2 aliphatic rings. The first-order valence-corrected chi connectivity index (χ1v) is 7.76. The highest BCUT2D eigenvalue weighted by atomic mass is 16.1. The van der Waals surface area contributed by atoms with Crippen LogP contribution in [0.25, 0.3) is 0 Å². The first-order valence-electron chi connectivity index (χ1n) is 7.76. The summed E-state index contributed by atoms with van der Waals surface area (Å²) in [4.78, 5) is 12.4. The molecule has 1 aromatic rings. The average molecular weight is 256 g/mol. The van der Waals surface area contributed by atoms with Crippen molar-refractivity contribution in [1.82, 2.24) is 0 Å². The Labute approximate surface area is 116 Å². The molecule has 1 nitrogen and oxygen atoms in total. The van der Waals surface area contributed by atoms with Gasteiger partial charge in [-0.3, -0.25) is 4.79 Å². The van der Waals surface area contributed by atoms with Crippen LogP contribution in [0.5, 0.6) is 0 Å². The van der Waals surface area contributed by atoms with Gasteiger partial charge in [0.05, 0.1) is 0 Å². The van der Waals surface area contributed by atoms with E-state index >= 15 is 0 Å². The number of rotatable bonds is 4. The van der Waals surface area contributed by atoms with Crippen molar-refractivity contribution in [1.29, 1.82) is 0 Å². The van der Waals surface area contributed by atoms with Crippen LogP contribution in [0.3, 0.4) is 0 Å². The summed E-state index contributed by atoms with van der Waals surface area (Å²) in [5.74, 6) is 3.36. The van der Waals surface area contributed by atoms with Gasteiger partial charge in [0.1, 0.15) is 0 Å². The van der Waals surface area contributed by atoms with Crippen molar-refractivity contribution in [3.63, 3.8) is 0 Å². The van der Waals surface area contributed by atoms with Gasteiger partial charge in [0.15, 0.2) is 5.78 Å². The number of hydrogen-bond acceptors (Lipinski definition) is 1. The molecule has 1 heteroatoms. The molecule has 1 aromatic carbocycles. The summed E-state index contributed by atoms with van der Waals surface area (Å²) in [5.41, 5.74) is 2.23. The average Bonchev–Trinajstić information content (AvgIpc) is 3.01. The number of carbonyl (C=O) groups is 1. The fourth-order valence-electron chi connectivity index (χ4n) is 4.04. The molecule has 102 valence electrons. The van der Waals surface area contributed by atoms with Crippen LogP contribution in [0.1, 0.15) is 67.8 Å². The van der Waals surface area contributed by atoms with Gasteiger partial charge in [0, 0.05) is 12.0 Å². The van der Waals surface area contributed by atoms with Crippen molar-refractivity contribution in [2.24, 2.45) is 17.8 Å². The van der Waals surface area contributed by atoms with Gasteiger partial charge in [-0.1, -0.05) is 44.5 Å². The summed E-state index contributed by atoms with van der Waals surface area (Å²) >= 11 is 0. The zero-order valence-corrected chi connectivity index (χ0v) is 12.1. The maximum absolute atomic E-state index is 12.4. The van der Waals surface area contributed by atoms with Crippen LogP contribution >= 0.6 is 0 Å². The third kappa shape index (κ3) is 2.61. The minimum Gasteiger partial charge on any atom is -0.294 e. The van der Waals surface area contributed by atoms with Gasteiger partial charge in [-0.15, -0.1) is 0 Å². The fourth-order valence-corrected chi connectivity index (χ4v) is 4.04. The standard InChI is InChI=1S/C18H24O/c1-12(2)14-5-7-15(8-6-14)18(19)11-17-10-13-3-4-16(17)9-13/h5-8,12-13,16-17H,3-4,9-11H2,1-2H3. The lowest BCUT2D eigenvalue weighted by molar-refractivity contribution is 0.0944. The van der Waals surface area contributed by atoms with E-state index in [9.17, 15) is 4.79 Å². The molecule has 0 heterocycles. The van der Waals surface area contributed by atoms with Crippen LogP contribution in [0.2, 0.25) is 0 Å². The van der Waals surface area contributed by atoms with E-state index < -0.39 is 0 Å². The van der Waals surface area contributed by atoms with Crippen LogP contribution in [-0.2, 0) is 0 Å². The lowest BCUT2D eigenvalue weighted by Crippen LogP contribution is -2.15. The van der Waals surface area contributed by atoms with Gasteiger partial charge in [0.2, 0.25) is 0 Å². The first kappa shape index (κ1) is 12.9. The monoisotopic (exact) mass is 256 g/mol. The second-order valence-corrected chi connectivity index (χ2v) is 6.84. The SMILES string of the molecule is CC(C)c1ccc(C(=O)CC2CC3CCC2C3)cc1. The van der Waals surface area contributed by atoms with Crippen molar-refractivity contribution in [2.45, 2.75) is 51.9 Å². The molecule has 19 heavy (non-hydrogen) atoms. The van der Waals surface area contributed by atoms with Crippen molar-refractivity contribution in [3.05, 3.63) is 35.4 Å². The number of benzene rings is 1. The highest BCUT2D eigenvalue weighted by molar-refractivity contribution is 5.96. The topological polar surface area (TPSA) is 17.1 Å². The molecule has 0 saturated heterocycles. The van der Waals surface area contributed by atoms with Crippen LogP contribution in [-0.4, -0.2) is 5.78 Å². The summed E-state index contributed by atoms with van der Waals surface area (Å²) in [6.07, 6.45) is 6.26. The minimum atomic E-state index is 0.354. The zero-order valence-electron chi connectivity index (χ0n) is 12.1. The molecule has 3 rings (SSSR count). The van der Waals surface area contributed by atoms with E-state index in [0.717, 1.165) is 23.8 Å². The maximum Gasteiger partial charge on any atom is 0.163 e. The Balaban J connectivity index is 1.64.